The van der Waals surface area contributed by atoms with Crippen LogP contribution in [0.5, 0.6) is 11.5 Å². The standard InChI is InChI=1S/C11H8ClFO4/c12-7-8(13)5(11(1-2-11)10(14)15)3-6-9(7)17-4-16-6/h3H,1-2,4H2,(H,14,15). The Kier molecular flexibility index (Phi) is 2.04. The molecular weight excluding hydrogens is 251 g/mol. The molecule has 6 heteroatoms. The molecule has 1 N–H and O–H groups in total. The summed E-state index contributed by atoms with van der Waals surface area (Å²) < 4.78 is 24.2. The van der Waals surface area contributed by atoms with Gasteiger partial charge in [-0.25, -0.2) is 4.39 Å². The van der Waals surface area contributed by atoms with E-state index in [1.165, 1.54) is 6.07 Å². The van der Waals surface area contributed by atoms with Crippen LogP contribution < -0.4 is 9.47 Å². The molecule has 2 aliphatic rings. The number of benzene rings is 1. The number of carboxylic acid groups (broad SMARTS) is 1. The van der Waals surface area contributed by atoms with Crippen molar-refractivity contribution < 1.29 is 23.8 Å². The summed E-state index contributed by atoms with van der Waals surface area (Å²) in [4.78, 5) is 11.2. The van der Waals surface area contributed by atoms with E-state index < -0.39 is 17.2 Å². The third-order valence-electron chi connectivity index (χ3n) is 3.22. The highest BCUT2D eigenvalue weighted by atomic mass is 35.5. The quantitative estimate of drug-likeness (QED) is 0.885. The molecule has 0 amide bonds. The molecular formula is C11H8ClFO4. The van der Waals surface area contributed by atoms with Crippen molar-refractivity contribution in [1.29, 1.82) is 0 Å². The third kappa shape index (κ3) is 1.32. The summed E-state index contributed by atoms with van der Waals surface area (Å²) in [5, 5.41) is 8.93. The van der Waals surface area contributed by atoms with Crippen LogP contribution in [-0.2, 0) is 10.2 Å². The molecule has 0 atom stereocenters. The first-order valence-electron chi connectivity index (χ1n) is 5.08. The van der Waals surface area contributed by atoms with Gasteiger partial charge in [-0.1, -0.05) is 11.6 Å². The van der Waals surface area contributed by atoms with Crippen molar-refractivity contribution in [3.05, 3.63) is 22.5 Å². The zero-order valence-corrected chi connectivity index (χ0v) is 9.38. The van der Waals surface area contributed by atoms with Crippen LogP contribution in [0, 0.1) is 5.82 Å². The van der Waals surface area contributed by atoms with E-state index >= 15 is 0 Å². The van der Waals surface area contributed by atoms with Crippen LogP contribution in [0.25, 0.3) is 0 Å². The van der Waals surface area contributed by atoms with Crippen LogP contribution in [0.4, 0.5) is 4.39 Å². The third-order valence-corrected chi connectivity index (χ3v) is 3.56. The highest BCUT2D eigenvalue weighted by Gasteiger charge is 2.54. The average molecular weight is 259 g/mol. The summed E-state index contributed by atoms with van der Waals surface area (Å²) in [6, 6.07) is 1.38. The Balaban J connectivity index is 2.19. The van der Waals surface area contributed by atoms with Crippen LogP contribution in [0.2, 0.25) is 5.02 Å². The van der Waals surface area contributed by atoms with Crippen LogP contribution in [0.3, 0.4) is 0 Å². The molecule has 17 heavy (non-hydrogen) atoms. The summed E-state index contributed by atoms with van der Waals surface area (Å²) in [7, 11) is 0. The topological polar surface area (TPSA) is 55.8 Å². The average Bonchev–Trinajstić information content (AvgIpc) is 2.97. The monoisotopic (exact) mass is 258 g/mol. The zero-order chi connectivity index (χ0) is 12.2. The van der Waals surface area contributed by atoms with Crippen molar-refractivity contribution in [3.63, 3.8) is 0 Å². The van der Waals surface area contributed by atoms with Crippen LogP contribution in [0.1, 0.15) is 18.4 Å². The van der Waals surface area contributed by atoms with E-state index in [2.05, 4.69) is 0 Å². The summed E-state index contributed by atoms with van der Waals surface area (Å²) >= 11 is 5.81. The molecule has 0 radical (unpaired) electrons. The molecule has 1 aliphatic carbocycles. The van der Waals surface area contributed by atoms with Gasteiger partial charge >= 0.3 is 5.97 Å². The van der Waals surface area contributed by atoms with Crippen LogP contribution >= 0.6 is 11.6 Å². The fourth-order valence-corrected chi connectivity index (χ4v) is 2.30. The maximum Gasteiger partial charge on any atom is 0.314 e. The molecule has 90 valence electrons. The van der Waals surface area contributed by atoms with Crippen molar-refractivity contribution in [2.45, 2.75) is 18.3 Å². The number of rotatable bonds is 2. The van der Waals surface area contributed by atoms with Crippen molar-refractivity contribution in [2.75, 3.05) is 6.79 Å². The fraction of sp³-hybridized carbons (Fsp3) is 0.364. The Morgan fingerprint density at radius 1 is 1.47 bits per heavy atom. The van der Waals surface area contributed by atoms with E-state index in [4.69, 9.17) is 26.2 Å². The molecule has 1 aliphatic heterocycles. The minimum atomic E-state index is -1.14. The zero-order valence-electron chi connectivity index (χ0n) is 8.63. The summed E-state index contributed by atoms with van der Waals surface area (Å²) in [5.41, 5.74) is -1.06. The van der Waals surface area contributed by atoms with Crippen molar-refractivity contribution in [2.24, 2.45) is 0 Å². The maximum atomic E-state index is 14.0. The van der Waals surface area contributed by atoms with E-state index in [0.29, 0.717) is 18.6 Å². The van der Waals surface area contributed by atoms with E-state index in [1.807, 2.05) is 0 Å². The molecule has 1 aromatic carbocycles. The smallest absolute Gasteiger partial charge is 0.314 e. The predicted molar refractivity (Wildman–Crippen MR) is 56.1 cm³/mol. The van der Waals surface area contributed by atoms with E-state index in [-0.39, 0.29) is 23.1 Å². The van der Waals surface area contributed by atoms with Crippen molar-refractivity contribution in [1.82, 2.24) is 0 Å². The largest absolute Gasteiger partial charge is 0.481 e. The van der Waals surface area contributed by atoms with Crippen molar-refractivity contribution in [3.8, 4) is 11.5 Å². The Morgan fingerprint density at radius 3 is 2.76 bits per heavy atom. The normalized spacial score (nSPS) is 19.2. The molecule has 4 nitrogen and oxygen atoms in total. The van der Waals surface area contributed by atoms with E-state index in [0.717, 1.165) is 0 Å². The van der Waals surface area contributed by atoms with Gasteiger partial charge in [-0.3, -0.25) is 4.79 Å². The van der Waals surface area contributed by atoms with Crippen LogP contribution in [0.15, 0.2) is 6.07 Å². The molecule has 0 aromatic heterocycles. The number of ether oxygens (including phenoxy) is 2. The fourth-order valence-electron chi connectivity index (χ4n) is 2.05. The van der Waals surface area contributed by atoms with Crippen LogP contribution in [-0.4, -0.2) is 17.9 Å². The second kappa shape index (κ2) is 3.26. The van der Waals surface area contributed by atoms with E-state index in [9.17, 15) is 9.18 Å². The summed E-state index contributed by atoms with van der Waals surface area (Å²) in [6.07, 6.45) is 0.824. The first kappa shape index (κ1) is 10.7. The SMILES string of the molecule is O=C(O)C1(c2cc3c(c(Cl)c2F)OCO3)CC1. The Hall–Kier alpha value is -1.49. The second-order valence-corrected chi connectivity index (χ2v) is 4.55. The van der Waals surface area contributed by atoms with Crippen molar-refractivity contribution >= 4 is 17.6 Å². The molecule has 0 bridgehead atoms. The molecule has 0 unspecified atom stereocenters. The number of hydrogen-bond donors (Lipinski definition) is 1. The lowest BCUT2D eigenvalue weighted by molar-refractivity contribution is -0.140. The van der Waals surface area contributed by atoms with Gasteiger partial charge in [0.05, 0.1) is 5.41 Å². The molecule has 1 aromatic rings. The van der Waals surface area contributed by atoms with Gasteiger partial charge in [0.1, 0.15) is 10.8 Å². The number of halogens is 2. The molecule has 1 saturated carbocycles. The molecule has 3 rings (SSSR count). The number of fused-ring (bicyclic) bond motifs is 1. The Labute approximate surface area is 101 Å². The molecule has 1 heterocycles. The van der Waals surface area contributed by atoms with Gasteiger partial charge in [0.2, 0.25) is 6.79 Å². The number of carboxylic acids is 1. The first-order valence-corrected chi connectivity index (χ1v) is 5.45. The highest BCUT2D eigenvalue weighted by molar-refractivity contribution is 6.32. The predicted octanol–water partition coefficient (Wildman–Crippen LogP) is 2.32. The van der Waals surface area contributed by atoms with Gasteiger partial charge in [0.15, 0.2) is 11.5 Å². The summed E-state index contributed by atoms with van der Waals surface area (Å²) in [5.74, 6) is -1.31. The van der Waals surface area contributed by atoms with Gasteiger partial charge in [0.25, 0.3) is 0 Å². The minimum absolute atomic E-state index is 0.0297. The maximum absolute atomic E-state index is 14.0. The molecule has 0 saturated heterocycles. The number of hydrogen-bond acceptors (Lipinski definition) is 3. The Bertz CT molecular complexity index is 525. The molecule has 0 spiro atoms. The van der Waals surface area contributed by atoms with E-state index in [1.54, 1.807) is 0 Å². The van der Waals surface area contributed by atoms with Gasteiger partial charge in [0, 0.05) is 5.56 Å². The lowest BCUT2D eigenvalue weighted by Crippen LogP contribution is -2.21. The van der Waals surface area contributed by atoms with Gasteiger partial charge in [-0.15, -0.1) is 0 Å². The Morgan fingerprint density at radius 2 is 2.18 bits per heavy atom. The number of aliphatic carboxylic acids is 1. The minimum Gasteiger partial charge on any atom is -0.481 e. The summed E-state index contributed by atoms with van der Waals surface area (Å²) in [6.45, 7) is -0.0297. The second-order valence-electron chi connectivity index (χ2n) is 4.17. The lowest BCUT2D eigenvalue weighted by atomic mass is 9.95. The number of carbonyl (C=O) groups is 1. The van der Waals surface area contributed by atoms with Gasteiger partial charge in [-0.05, 0) is 18.9 Å². The van der Waals surface area contributed by atoms with Gasteiger partial charge < -0.3 is 14.6 Å². The highest BCUT2D eigenvalue weighted by Crippen LogP contribution is 2.53. The lowest BCUT2D eigenvalue weighted by Gasteiger charge is -2.13. The van der Waals surface area contributed by atoms with Gasteiger partial charge in [-0.2, -0.15) is 0 Å². The first-order chi connectivity index (χ1) is 8.06. The molecule has 1 fully saturated rings.